The van der Waals surface area contributed by atoms with Crippen molar-refractivity contribution in [3.8, 4) is 11.5 Å². The van der Waals surface area contributed by atoms with Crippen LogP contribution in [0.1, 0.15) is 23.5 Å². The summed E-state index contributed by atoms with van der Waals surface area (Å²) in [5, 5.41) is 13.8. The topological polar surface area (TPSA) is 70.9 Å². The van der Waals surface area contributed by atoms with Gasteiger partial charge in [-0.05, 0) is 58.2 Å². The summed E-state index contributed by atoms with van der Waals surface area (Å²) in [4.78, 5) is 12.1. The van der Waals surface area contributed by atoms with Gasteiger partial charge in [0.15, 0.2) is 11.5 Å². The van der Waals surface area contributed by atoms with Crippen molar-refractivity contribution in [2.24, 2.45) is 11.0 Å². The van der Waals surface area contributed by atoms with Gasteiger partial charge >= 0.3 is 0 Å². The zero-order valence-corrected chi connectivity index (χ0v) is 15.2. The number of halogens is 1. The molecule has 0 bridgehead atoms. The molecule has 0 radical (unpaired) electrons. The van der Waals surface area contributed by atoms with Crippen molar-refractivity contribution in [1.29, 1.82) is 0 Å². The lowest BCUT2D eigenvalue weighted by Gasteiger charge is -2.06. The zero-order valence-electron chi connectivity index (χ0n) is 13.1. The minimum absolute atomic E-state index is 0.0148. The molecule has 0 saturated heterocycles. The highest BCUT2D eigenvalue weighted by molar-refractivity contribution is 14.1. The Balaban J connectivity index is 1.59. The maximum absolute atomic E-state index is 12.1. The van der Waals surface area contributed by atoms with E-state index >= 15 is 0 Å². The number of phenols is 1. The summed E-state index contributed by atoms with van der Waals surface area (Å²) < 4.78 is 5.76. The molecule has 1 aliphatic rings. The molecule has 1 fully saturated rings. The predicted octanol–water partition coefficient (Wildman–Crippen LogP) is 3.26. The van der Waals surface area contributed by atoms with E-state index in [1.807, 2.05) is 52.9 Å². The van der Waals surface area contributed by atoms with Gasteiger partial charge in [0.05, 0.1) is 16.9 Å². The molecule has 2 atom stereocenters. The molecule has 5 nitrogen and oxygen atoms in total. The SMILES string of the molecule is COc1cc(/C=N/NC(=O)C2CC2c2ccccc2)cc(I)c1O. The number of methoxy groups -OCH3 is 1. The molecule has 124 valence electrons. The molecule has 0 aromatic heterocycles. The van der Waals surface area contributed by atoms with Gasteiger partial charge in [0.1, 0.15) is 0 Å². The lowest BCUT2D eigenvalue weighted by atomic mass is 10.1. The van der Waals surface area contributed by atoms with E-state index in [1.54, 1.807) is 18.3 Å². The van der Waals surface area contributed by atoms with Crippen LogP contribution in [-0.2, 0) is 4.79 Å². The molecule has 1 amide bonds. The summed E-state index contributed by atoms with van der Waals surface area (Å²) in [7, 11) is 1.49. The standard InChI is InChI=1S/C18H17IN2O3/c1-24-16-8-11(7-15(19)17(16)22)10-20-21-18(23)14-9-13(14)12-5-3-2-4-6-12/h2-8,10,13-14,22H,9H2,1H3,(H,21,23)/b20-10+. The highest BCUT2D eigenvalue weighted by atomic mass is 127. The largest absolute Gasteiger partial charge is 0.504 e. The number of ether oxygens (including phenoxy) is 1. The molecule has 2 unspecified atom stereocenters. The fraction of sp³-hybridized carbons (Fsp3) is 0.222. The van der Waals surface area contributed by atoms with Crippen molar-refractivity contribution < 1.29 is 14.6 Å². The van der Waals surface area contributed by atoms with E-state index in [1.165, 1.54) is 12.7 Å². The van der Waals surface area contributed by atoms with Crippen LogP contribution in [0.15, 0.2) is 47.6 Å². The number of carbonyl (C=O) groups is 1. The monoisotopic (exact) mass is 436 g/mol. The highest BCUT2D eigenvalue weighted by Gasteiger charge is 2.43. The summed E-state index contributed by atoms with van der Waals surface area (Å²) in [6, 6.07) is 13.5. The minimum atomic E-state index is -0.0689. The first kappa shape index (κ1) is 16.8. The number of phenolic OH excluding ortho intramolecular Hbond substituents is 1. The van der Waals surface area contributed by atoms with Crippen LogP contribution in [0.3, 0.4) is 0 Å². The van der Waals surface area contributed by atoms with Crippen LogP contribution in [0.25, 0.3) is 0 Å². The van der Waals surface area contributed by atoms with Gasteiger partial charge in [0, 0.05) is 5.92 Å². The van der Waals surface area contributed by atoms with Crippen molar-refractivity contribution in [3.05, 3.63) is 57.2 Å². The number of carbonyl (C=O) groups excluding carboxylic acids is 1. The van der Waals surface area contributed by atoms with E-state index in [2.05, 4.69) is 10.5 Å². The Morgan fingerprint density at radius 2 is 2.12 bits per heavy atom. The fourth-order valence-corrected chi connectivity index (χ4v) is 3.26. The molecular formula is C18H17IN2O3. The maximum atomic E-state index is 12.1. The van der Waals surface area contributed by atoms with Gasteiger partial charge in [-0.15, -0.1) is 0 Å². The van der Waals surface area contributed by atoms with Crippen molar-refractivity contribution in [2.45, 2.75) is 12.3 Å². The van der Waals surface area contributed by atoms with Crippen molar-refractivity contribution >= 4 is 34.7 Å². The van der Waals surface area contributed by atoms with Gasteiger partial charge in [-0.2, -0.15) is 5.10 Å². The van der Waals surface area contributed by atoms with Gasteiger partial charge in [-0.3, -0.25) is 4.79 Å². The average molecular weight is 436 g/mol. The van der Waals surface area contributed by atoms with E-state index in [4.69, 9.17) is 4.74 Å². The first-order valence-corrected chi connectivity index (χ1v) is 8.62. The third kappa shape index (κ3) is 3.69. The van der Waals surface area contributed by atoms with Gasteiger partial charge in [0.25, 0.3) is 0 Å². The van der Waals surface area contributed by atoms with E-state index in [0.29, 0.717) is 9.32 Å². The number of amides is 1. The molecule has 2 N–H and O–H groups in total. The Labute approximate surface area is 153 Å². The summed E-state index contributed by atoms with van der Waals surface area (Å²) in [6.45, 7) is 0. The first-order valence-electron chi connectivity index (χ1n) is 7.54. The Morgan fingerprint density at radius 1 is 1.38 bits per heavy atom. The third-order valence-electron chi connectivity index (χ3n) is 4.01. The number of aromatic hydroxyl groups is 1. The third-order valence-corrected chi connectivity index (χ3v) is 4.84. The van der Waals surface area contributed by atoms with Crippen LogP contribution >= 0.6 is 22.6 Å². The summed E-state index contributed by atoms with van der Waals surface area (Å²) in [6.07, 6.45) is 2.40. The number of hydrogen-bond acceptors (Lipinski definition) is 4. The molecule has 6 heteroatoms. The highest BCUT2D eigenvalue weighted by Crippen LogP contribution is 2.47. The second kappa shape index (κ2) is 7.21. The molecule has 24 heavy (non-hydrogen) atoms. The Hall–Kier alpha value is -2.09. The van der Waals surface area contributed by atoms with Crippen LogP contribution in [0.2, 0.25) is 0 Å². The van der Waals surface area contributed by atoms with Gasteiger partial charge in [-0.1, -0.05) is 30.3 Å². The molecule has 0 heterocycles. The maximum Gasteiger partial charge on any atom is 0.243 e. The van der Waals surface area contributed by atoms with Crippen LogP contribution < -0.4 is 10.2 Å². The van der Waals surface area contributed by atoms with Gasteiger partial charge < -0.3 is 9.84 Å². The second-order valence-electron chi connectivity index (χ2n) is 5.65. The number of benzene rings is 2. The molecular weight excluding hydrogens is 419 g/mol. The molecule has 1 aliphatic carbocycles. The summed E-state index contributed by atoms with van der Waals surface area (Å²) >= 11 is 2.01. The normalized spacial score (nSPS) is 19.2. The first-order chi connectivity index (χ1) is 11.6. The van der Waals surface area contributed by atoms with E-state index in [0.717, 1.165) is 12.0 Å². The number of hydrogen-bond donors (Lipinski definition) is 2. The molecule has 0 spiro atoms. The van der Waals surface area contributed by atoms with Crippen LogP contribution in [-0.4, -0.2) is 24.3 Å². The zero-order chi connectivity index (χ0) is 17.1. The second-order valence-corrected chi connectivity index (χ2v) is 6.81. The molecule has 2 aromatic carbocycles. The quantitative estimate of drug-likeness (QED) is 0.430. The summed E-state index contributed by atoms with van der Waals surface area (Å²) in [5.41, 5.74) is 4.52. The van der Waals surface area contributed by atoms with E-state index < -0.39 is 0 Å². The van der Waals surface area contributed by atoms with E-state index in [-0.39, 0.29) is 23.5 Å². The molecule has 0 aliphatic heterocycles. The number of hydrazone groups is 1. The van der Waals surface area contributed by atoms with Crippen LogP contribution in [0.4, 0.5) is 0 Å². The Kier molecular flexibility index (Phi) is 5.03. The number of nitrogens with one attached hydrogen (secondary N) is 1. The van der Waals surface area contributed by atoms with E-state index in [9.17, 15) is 9.90 Å². The average Bonchev–Trinajstić information content (AvgIpc) is 3.39. The lowest BCUT2D eigenvalue weighted by molar-refractivity contribution is -0.122. The van der Waals surface area contributed by atoms with Gasteiger partial charge in [-0.25, -0.2) is 5.43 Å². The number of rotatable bonds is 5. The predicted molar refractivity (Wildman–Crippen MR) is 100 cm³/mol. The number of nitrogens with zero attached hydrogens (tertiary/aromatic N) is 1. The van der Waals surface area contributed by atoms with Crippen molar-refractivity contribution in [1.82, 2.24) is 5.43 Å². The lowest BCUT2D eigenvalue weighted by Crippen LogP contribution is -2.20. The van der Waals surface area contributed by atoms with Gasteiger partial charge in [0.2, 0.25) is 5.91 Å². The van der Waals surface area contributed by atoms with Crippen LogP contribution in [0.5, 0.6) is 11.5 Å². The Bertz CT molecular complexity index is 777. The molecule has 2 aromatic rings. The fourth-order valence-electron chi connectivity index (χ4n) is 2.63. The smallest absolute Gasteiger partial charge is 0.243 e. The Morgan fingerprint density at radius 3 is 2.83 bits per heavy atom. The summed E-state index contributed by atoms with van der Waals surface area (Å²) in [5.74, 6) is 0.680. The van der Waals surface area contributed by atoms with Crippen LogP contribution in [0, 0.1) is 9.49 Å². The molecule has 3 rings (SSSR count). The van der Waals surface area contributed by atoms with Crippen molar-refractivity contribution in [2.75, 3.05) is 7.11 Å². The molecule has 1 saturated carbocycles. The van der Waals surface area contributed by atoms with Crippen molar-refractivity contribution in [3.63, 3.8) is 0 Å². The minimum Gasteiger partial charge on any atom is -0.504 e.